The number of benzene rings is 3. The molecule has 0 bridgehead atoms. The summed E-state index contributed by atoms with van der Waals surface area (Å²) in [6, 6.07) is 26.3. The Balaban J connectivity index is 2.11. The van der Waals surface area contributed by atoms with Crippen LogP contribution in [0.2, 0.25) is 0 Å². The van der Waals surface area contributed by atoms with E-state index in [1.54, 1.807) is 0 Å². The maximum absolute atomic E-state index is 2.35. The second-order valence-corrected chi connectivity index (χ2v) is 8.13. The van der Waals surface area contributed by atoms with E-state index >= 15 is 0 Å². The quantitative estimate of drug-likeness (QED) is 0.514. The highest BCUT2D eigenvalue weighted by Gasteiger charge is 2.15. The van der Waals surface area contributed by atoms with Crippen molar-refractivity contribution >= 4 is 17.1 Å². The standard InChI is InChI=1S/C24H29N2/c1-19-9-6-12-22(15-19)25(23-13-7-10-20(2)16-23)24-14-8-11-21(17-24)18-26(3,4)5/h6-17H,18H2,1-5H3/q+1. The first kappa shape index (κ1) is 18.2. The van der Waals surface area contributed by atoms with E-state index in [-0.39, 0.29) is 0 Å². The zero-order valence-corrected chi connectivity index (χ0v) is 16.5. The fraction of sp³-hybridized carbons (Fsp3) is 0.250. The molecule has 0 atom stereocenters. The summed E-state index contributed by atoms with van der Waals surface area (Å²) in [5.74, 6) is 0. The smallest absolute Gasteiger partial charge is 0.104 e. The molecule has 0 radical (unpaired) electrons. The Bertz CT molecular complexity index is 845. The molecule has 3 aromatic carbocycles. The summed E-state index contributed by atoms with van der Waals surface area (Å²) in [5, 5.41) is 0. The molecular formula is C24H29N2+. The summed E-state index contributed by atoms with van der Waals surface area (Å²) < 4.78 is 0.915. The lowest BCUT2D eigenvalue weighted by Gasteiger charge is -2.28. The van der Waals surface area contributed by atoms with Crippen LogP contribution in [-0.2, 0) is 6.54 Å². The first-order chi connectivity index (χ1) is 12.3. The van der Waals surface area contributed by atoms with Gasteiger partial charge in [0.15, 0.2) is 0 Å². The lowest BCUT2D eigenvalue weighted by atomic mass is 10.1. The predicted octanol–water partition coefficient (Wildman–Crippen LogP) is 5.98. The van der Waals surface area contributed by atoms with Crippen LogP contribution in [0.4, 0.5) is 17.1 Å². The molecule has 0 fully saturated rings. The van der Waals surface area contributed by atoms with Gasteiger partial charge in [-0.2, -0.15) is 0 Å². The zero-order chi connectivity index (χ0) is 18.7. The van der Waals surface area contributed by atoms with Crippen molar-refractivity contribution in [1.29, 1.82) is 0 Å². The molecule has 0 aliphatic carbocycles. The van der Waals surface area contributed by atoms with Gasteiger partial charge in [-0.1, -0.05) is 36.4 Å². The van der Waals surface area contributed by atoms with E-state index in [0.717, 1.165) is 11.0 Å². The first-order valence-corrected chi connectivity index (χ1v) is 9.15. The molecule has 0 heterocycles. The maximum Gasteiger partial charge on any atom is 0.104 e. The van der Waals surface area contributed by atoms with E-state index in [9.17, 15) is 0 Å². The third-order valence-electron chi connectivity index (χ3n) is 4.35. The van der Waals surface area contributed by atoms with Crippen LogP contribution >= 0.6 is 0 Å². The molecule has 3 rings (SSSR count). The van der Waals surface area contributed by atoms with E-state index in [0.29, 0.717) is 0 Å². The van der Waals surface area contributed by atoms with Crippen molar-refractivity contribution in [3.05, 3.63) is 89.5 Å². The fourth-order valence-electron chi connectivity index (χ4n) is 3.32. The van der Waals surface area contributed by atoms with Crippen LogP contribution in [0.3, 0.4) is 0 Å². The second-order valence-electron chi connectivity index (χ2n) is 8.13. The summed E-state index contributed by atoms with van der Waals surface area (Å²) >= 11 is 0. The monoisotopic (exact) mass is 345 g/mol. The van der Waals surface area contributed by atoms with Crippen molar-refractivity contribution in [3.8, 4) is 0 Å². The number of aryl methyl sites for hydroxylation is 2. The molecule has 0 aliphatic heterocycles. The van der Waals surface area contributed by atoms with Crippen LogP contribution in [-0.4, -0.2) is 25.6 Å². The van der Waals surface area contributed by atoms with Crippen molar-refractivity contribution in [2.24, 2.45) is 0 Å². The lowest BCUT2D eigenvalue weighted by molar-refractivity contribution is -0.884. The van der Waals surface area contributed by atoms with E-state index in [1.807, 2.05) is 0 Å². The summed E-state index contributed by atoms with van der Waals surface area (Å²) in [7, 11) is 6.68. The number of anilines is 3. The van der Waals surface area contributed by atoms with Crippen molar-refractivity contribution in [3.63, 3.8) is 0 Å². The minimum absolute atomic E-state index is 0.915. The van der Waals surface area contributed by atoms with Gasteiger partial charge in [-0.25, -0.2) is 0 Å². The lowest BCUT2D eigenvalue weighted by Crippen LogP contribution is -2.33. The van der Waals surface area contributed by atoms with Gasteiger partial charge in [0.05, 0.1) is 21.1 Å². The molecule has 2 heteroatoms. The Hall–Kier alpha value is -2.58. The molecule has 134 valence electrons. The van der Waals surface area contributed by atoms with Gasteiger partial charge in [0.1, 0.15) is 6.54 Å². The Morgan fingerprint density at radius 1 is 0.654 bits per heavy atom. The Kier molecular flexibility index (Phi) is 5.15. The third-order valence-corrected chi connectivity index (χ3v) is 4.35. The van der Waals surface area contributed by atoms with Crippen LogP contribution in [0, 0.1) is 13.8 Å². The molecule has 0 spiro atoms. The average Bonchev–Trinajstić information content (AvgIpc) is 2.54. The highest BCUT2D eigenvalue weighted by atomic mass is 15.3. The highest BCUT2D eigenvalue weighted by Crippen LogP contribution is 2.35. The van der Waals surface area contributed by atoms with Gasteiger partial charge < -0.3 is 9.38 Å². The maximum atomic E-state index is 2.35. The largest absolute Gasteiger partial charge is 0.327 e. The predicted molar refractivity (Wildman–Crippen MR) is 112 cm³/mol. The van der Waals surface area contributed by atoms with Crippen molar-refractivity contribution in [2.45, 2.75) is 20.4 Å². The summed E-state index contributed by atoms with van der Waals surface area (Å²) in [6.45, 7) is 5.29. The van der Waals surface area contributed by atoms with E-state index in [4.69, 9.17) is 0 Å². The van der Waals surface area contributed by atoms with Crippen LogP contribution in [0.25, 0.3) is 0 Å². The number of nitrogens with zero attached hydrogens (tertiary/aromatic N) is 2. The minimum atomic E-state index is 0.915. The Morgan fingerprint density at radius 3 is 1.58 bits per heavy atom. The Morgan fingerprint density at radius 2 is 1.12 bits per heavy atom. The number of quaternary nitrogens is 1. The van der Waals surface area contributed by atoms with Crippen molar-refractivity contribution in [1.82, 2.24) is 0 Å². The molecule has 0 saturated carbocycles. The molecule has 0 unspecified atom stereocenters. The van der Waals surface area contributed by atoms with E-state index < -0.39 is 0 Å². The minimum Gasteiger partial charge on any atom is -0.327 e. The number of rotatable bonds is 5. The van der Waals surface area contributed by atoms with Crippen molar-refractivity contribution < 1.29 is 4.48 Å². The average molecular weight is 346 g/mol. The fourth-order valence-corrected chi connectivity index (χ4v) is 3.32. The highest BCUT2D eigenvalue weighted by molar-refractivity contribution is 5.77. The Labute approximate surface area is 157 Å². The zero-order valence-electron chi connectivity index (χ0n) is 16.5. The molecule has 3 aromatic rings. The summed E-state index contributed by atoms with van der Waals surface area (Å²) in [6.07, 6.45) is 0. The number of hydrogen-bond donors (Lipinski definition) is 0. The van der Waals surface area contributed by atoms with Gasteiger partial charge >= 0.3 is 0 Å². The summed E-state index contributed by atoms with van der Waals surface area (Å²) in [5.41, 5.74) is 7.47. The normalized spacial score (nSPS) is 11.4. The van der Waals surface area contributed by atoms with E-state index in [2.05, 4.69) is 113 Å². The SMILES string of the molecule is Cc1cccc(N(c2cccc(C)c2)c2cccc(C[N+](C)(C)C)c2)c1. The molecule has 26 heavy (non-hydrogen) atoms. The molecule has 0 N–H and O–H groups in total. The van der Waals surface area contributed by atoms with Crippen LogP contribution in [0.15, 0.2) is 72.8 Å². The van der Waals surface area contributed by atoms with Gasteiger partial charge in [-0.05, 0) is 61.4 Å². The molecule has 0 saturated heterocycles. The van der Waals surface area contributed by atoms with E-state index in [1.165, 1.54) is 33.8 Å². The van der Waals surface area contributed by atoms with Crippen LogP contribution < -0.4 is 4.90 Å². The van der Waals surface area contributed by atoms with Crippen molar-refractivity contribution in [2.75, 3.05) is 26.0 Å². The third kappa shape index (κ3) is 4.53. The first-order valence-electron chi connectivity index (χ1n) is 9.15. The number of hydrogen-bond acceptors (Lipinski definition) is 1. The topological polar surface area (TPSA) is 3.24 Å². The summed E-state index contributed by atoms with van der Waals surface area (Å²) in [4.78, 5) is 2.35. The molecule has 0 aliphatic rings. The molecule has 0 amide bonds. The van der Waals surface area contributed by atoms with Crippen LogP contribution in [0.5, 0.6) is 0 Å². The van der Waals surface area contributed by atoms with Gasteiger partial charge in [-0.15, -0.1) is 0 Å². The molecular weight excluding hydrogens is 316 g/mol. The molecule has 0 aromatic heterocycles. The van der Waals surface area contributed by atoms with Gasteiger partial charge in [0.2, 0.25) is 0 Å². The molecule has 2 nitrogen and oxygen atoms in total. The van der Waals surface area contributed by atoms with Gasteiger partial charge in [-0.3, -0.25) is 0 Å². The second kappa shape index (κ2) is 7.35. The van der Waals surface area contributed by atoms with Gasteiger partial charge in [0, 0.05) is 22.6 Å². The van der Waals surface area contributed by atoms with Crippen LogP contribution in [0.1, 0.15) is 16.7 Å². The van der Waals surface area contributed by atoms with Gasteiger partial charge in [0.25, 0.3) is 0 Å².